The highest BCUT2D eigenvalue weighted by Gasteiger charge is 2.13. The number of rotatable bonds is 5. The van der Waals surface area contributed by atoms with Gasteiger partial charge in [-0.05, 0) is 24.1 Å². The molecule has 1 unspecified atom stereocenters. The zero-order chi connectivity index (χ0) is 13.0. The van der Waals surface area contributed by atoms with Crippen LogP contribution in [0.25, 0.3) is 0 Å². The third kappa shape index (κ3) is 2.68. The fourth-order valence-electron chi connectivity index (χ4n) is 1.76. The molecule has 2 aromatic rings. The molecule has 0 aliphatic rings. The SMILES string of the molecule is CCCOc1cncc(C(N)c2ccnn2C)c1. The van der Waals surface area contributed by atoms with Crippen molar-refractivity contribution >= 4 is 0 Å². The van der Waals surface area contributed by atoms with E-state index in [0.29, 0.717) is 6.61 Å². The Bertz CT molecular complexity index is 509. The average Bonchev–Trinajstić information content (AvgIpc) is 2.82. The number of nitrogens with two attached hydrogens (primary N) is 1. The summed E-state index contributed by atoms with van der Waals surface area (Å²) < 4.78 is 7.32. The standard InChI is InChI=1S/C13H18N4O/c1-3-6-18-11-7-10(8-15-9-11)13(14)12-4-5-16-17(12)2/h4-5,7-9,13H,3,6,14H2,1-2H3. The Labute approximate surface area is 107 Å². The second-order valence-electron chi connectivity index (χ2n) is 4.16. The first-order chi connectivity index (χ1) is 8.72. The molecule has 2 N–H and O–H groups in total. The van der Waals surface area contributed by atoms with E-state index in [0.717, 1.165) is 23.4 Å². The van der Waals surface area contributed by atoms with Crippen LogP contribution in [0.5, 0.6) is 5.75 Å². The minimum atomic E-state index is -0.241. The lowest BCUT2D eigenvalue weighted by Crippen LogP contribution is -2.16. The summed E-state index contributed by atoms with van der Waals surface area (Å²) in [5.41, 5.74) is 8.07. The molecule has 96 valence electrons. The van der Waals surface area contributed by atoms with E-state index in [-0.39, 0.29) is 6.04 Å². The Morgan fingerprint density at radius 3 is 2.94 bits per heavy atom. The Morgan fingerprint density at radius 1 is 1.44 bits per heavy atom. The van der Waals surface area contributed by atoms with Crippen molar-refractivity contribution in [2.24, 2.45) is 12.8 Å². The van der Waals surface area contributed by atoms with E-state index >= 15 is 0 Å². The molecule has 0 saturated carbocycles. The topological polar surface area (TPSA) is 66.0 Å². The third-order valence-corrected chi connectivity index (χ3v) is 2.74. The van der Waals surface area contributed by atoms with Crippen molar-refractivity contribution in [3.8, 4) is 5.75 Å². The van der Waals surface area contributed by atoms with Crippen LogP contribution >= 0.6 is 0 Å². The molecular formula is C13H18N4O. The molecule has 0 aliphatic carbocycles. The van der Waals surface area contributed by atoms with Gasteiger partial charge >= 0.3 is 0 Å². The van der Waals surface area contributed by atoms with E-state index in [1.54, 1.807) is 23.3 Å². The second kappa shape index (κ2) is 5.64. The minimum absolute atomic E-state index is 0.241. The zero-order valence-electron chi connectivity index (χ0n) is 10.7. The van der Waals surface area contributed by atoms with Crippen molar-refractivity contribution in [3.05, 3.63) is 42.0 Å². The molecule has 2 heterocycles. The van der Waals surface area contributed by atoms with Gasteiger partial charge in [0.05, 0.1) is 24.5 Å². The van der Waals surface area contributed by atoms with Gasteiger partial charge in [-0.15, -0.1) is 0 Å². The Balaban J connectivity index is 2.20. The summed E-state index contributed by atoms with van der Waals surface area (Å²) in [6.07, 6.45) is 6.17. The molecule has 0 saturated heterocycles. The van der Waals surface area contributed by atoms with Crippen molar-refractivity contribution in [3.63, 3.8) is 0 Å². The highest BCUT2D eigenvalue weighted by molar-refractivity contribution is 5.30. The van der Waals surface area contributed by atoms with E-state index in [1.165, 1.54) is 0 Å². The Morgan fingerprint density at radius 2 is 2.28 bits per heavy atom. The van der Waals surface area contributed by atoms with Crippen LogP contribution in [0, 0.1) is 0 Å². The molecular weight excluding hydrogens is 228 g/mol. The summed E-state index contributed by atoms with van der Waals surface area (Å²) in [6.45, 7) is 2.75. The summed E-state index contributed by atoms with van der Waals surface area (Å²) in [7, 11) is 1.88. The molecule has 0 radical (unpaired) electrons. The first kappa shape index (κ1) is 12.6. The zero-order valence-corrected chi connectivity index (χ0v) is 10.7. The van der Waals surface area contributed by atoms with E-state index in [2.05, 4.69) is 17.0 Å². The number of hydrogen-bond donors (Lipinski definition) is 1. The maximum atomic E-state index is 6.20. The van der Waals surface area contributed by atoms with Crippen molar-refractivity contribution in [2.75, 3.05) is 6.61 Å². The molecule has 5 heteroatoms. The van der Waals surface area contributed by atoms with Gasteiger partial charge in [0.2, 0.25) is 0 Å². The summed E-state index contributed by atoms with van der Waals surface area (Å²) in [6, 6.07) is 3.60. The second-order valence-corrected chi connectivity index (χ2v) is 4.16. The summed E-state index contributed by atoms with van der Waals surface area (Å²) in [5.74, 6) is 0.756. The molecule has 0 bridgehead atoms. The largest absolute Gasteiger partial charge is 0.492 e. The van der Waals surface area contributed by atoms with Gasteiger partial charge in [0.25, 0.3) is 0 Å². The molecule has 0 fully saturated rings. The number of hydrogen-bond acceptors (Lipinski definition) is 4. The molecule has 0 aliphatic heterocycles. The van der Waals surface area contributed by atoms with E-state index in [4.69, 9.17) is 10.5 Å². The average molecular weight is 246 g/mol. The fourth-order valence-corrected chi connectivity index (χ4v) is 1.76. The van der Waals surface area contributed by atoms with E-state index in [9.17, 15) is 0 Å². The number of ether oxygens (including phenoxy) is 1. The van der Waals surface area contributed by atoms with Gasteiger partial charge in [-0.3, -0.25) is 9.67 Å². The maximum Gasteiger partial charge on any atom is 0.137 e. The predicted molar refractivity (Wildman–Crippen MR) is 69.3 cm³/mol. The molecule has 2 aromatic heterocycles. The van der Waals surface area contributed by atoms with Crippen LogP contribution in [-0.2, 0) is 7.05 Å². The van der Waals surface area contributed by atoms with Crippen molar-refractivity contribution in [1.82, 2.24) is 14.8 Å². The van der Waals surface area contributed by atoms with Crippen LogP contribution in [0.2, 0.25) is 0 Å². The van der Waals surface area contributed by atoms with Gasteiger partial charge in [-0.2, -0.15) is 5.10 Å². The van der Waals surface area contributed by atoms with Crippen molar-refractivity contribution in [1.29, 1.82) is 0 Å². The quantitative estimate of drug-likeness (QED) is 0.871. The summed E-state index contributed by atoms with van der Waals surface area (Å²) in [4.78, 5) is 4.16. The number of aryl methyl sites for hydroxylation is 1. The molecule has 18 heavy (non-hydrogen) atoms. The van der Waals surface area contributed by atoms with Crippen molar-refractivity contribution < 1.29 is 4.74 Å². The van der Waals surface area contributed by atoms with Crippen LogP contribution in [0.3, 0.4) is 0 Å². The van der Waals surface area contributed by atoms with Crippen LogP contribution in [0.4, 0.5) is 0 Å². The Kier molecular flexibility index (Phi) is 3.94. The van der Waals surface area contributed by atoms with E-state index in [1.807, 2.05) is 19.2 Å². The first-order valence-electron chi connectivity index (χ1n) is 6.03. The molecule has 2 rings (SSSR count). The molecule has 0 amide bonds. The Hall–Kier alpha value is -1.88. The number of aromatic nitrogens is 3. The molecule has 5 nitrogen and oxygen atoms in total. The number of pyridine rings is 1. The van der Waals surface area contributed by atoms with Gasteiger partial charge in [0.1, 0.15) is 5.75 Å². The molecule has 0 spiro atoms. The third-order valence-electron chi connectivity index (χ3n) is 2.74. The van der Waals surface area contributed by atoms with Crippen molar-refractivity contribution in [2.45, 2.75) is 19.4 Å². The molecule has 0 aromatic carbocycles. The number of nitrogens with zero attached hydrogens (tertiary/aromatic N) is 3. The van der Waals surface area contributed by atoms with Gasteiger partial charge in [-0.25, -0.2) is 0 Å². The van der Waals surface area contributed by atoms with Gasteiger partial charge in [-0.1, -0.05) is 6.92 Å². The lowest BCUT2D eigenvalue weighted by atomic mass is 10.1. The van der Waals surface area contributed by atoms with Crippen LogP contribution < -0.4 is 10.5 Å². The van der Waals surface area contributed by atoms with Crippen LogP contribution in [0.15, 0.2) is 30.7 Å². The van der Waals surface area contributed by atoms with Crippen LogP contribution in [-0.4, -0.2) is 21.4 Å². The van der Waals surface area contributed by atoms with Gasteiger partial charge in [0, 0.05) is 19.4 Å². The highest BCUT2D eigenvalue weighted by Crippen LogP contribution is 2.21. The minimum Gasteiger partial charge on any atom is -0.492 e. The highest BCUT2D eigenvalue weighted by atomic mass is 16.5. The first-order valence-corrected chi connectivity index (χ1v) is 6.03. The van der Waals surface area contributed by atoms with Crippen LogP contribution in [0.1, 0.15) is 30.6 Å². The summed E-state index contributed by atoms with van der Waals surface area (Å²) >= 11 is 0. The maximum absolute atomic E-state index is 6.20. The summed E-state index contributed by atoms with van der Waals surface area (Å²) in [5, 5.41) is 4.12. The monoisotopic (exact) mass is 246 g/mol. The normalized spacial score (nSPS) is 12.4. The van der Waals surface area contributed by atoms with E-state index < -0.39 is 0 Å². The fraction of sp³-hybridized carbons (Fsp3) is 0.385. The van der Waals surface area contributed by atoms with Gasteiger partial charge < -0.3 is 10.5 Å². The van der Waals surface area contributed by atoms with Gasteiger partial charge in [0.15, 0.2) is 0 Å². The smallest absolute Gasteiger partial charge is 0.137 e. The molecule has 1 atom stereocenters. The predicted octanol–water partition coefficient (Wildman–Crippen LogP) is 1.65. The lowest BCUT2D eigenvalue weighted by molar-refractivity contribution is 0.315. The lowest BCUT2D eigenvalue weighted by Gasteiger charge is -2.13.